The van der Waals surface area contributed by atoms with Crippen LogP contribution in [-0.4, -0.2) is 28.7 Å². The molecule has 2 aliphatic heterocycles. The first kappa shape index (κ1) is 16.0. The third-order valence-corrected chi connectivity index (χ3v) is 5.50. The first-order valence-electron chi connectivity index (χ1n) is 8.66. The molecule has 1 saturated carbocycles. The van der Waals surface area contributed by atoms with Crippen molar-refractivity contribution >= 4 is 23.3 Å². The molecule has 1 amide bonds. The number of nitrogens with two attached hydrogens (primary N) is 2. The van der Waals surface area contributed by atoms with Gasteiger partial charge in [0.1, 0.15) is 11.7 Å². The van der Waals surface area contributed by atoms with Gasteiger partial charge in [0.2, 0.25) is 5.91 Å². The normalized spacial score (nSPS) is 29.4. The summed E-state index contributed by atoms with van der Waals surface area (Å²) in [4.78, 5) is 26.2. The fraction of sp³-hybridized carbons (Fsp3) is 0.444. The zero-order chi connectivity index (χ0) is 17.6. The lowest BCUT2D eigenvalue weighted by atomic mass is 9.66. The Kier molecular flexibility index (Phi) is 3.68. The van der Waals surface area contributed by atoms with Crippen molar-refractivity contribution in [2.75, 3.05) is 5.73 Å². The van der Waals surface area contributed by atoms with Crippen LogP contribution < -0.4 is 16.8 Å². The Balaban J connectivity index is 1.95. The summed E-state index contributed by atoms with van der Waals surface area (Å²) >= 11 is 0. The highest BCUT2D eigenvalue weighted by molar-refractivity contribution is 6.29. The summed E-state index contributed by atoms with van der Waals surface area (Å²) in [5.74, 6) is 0.963. The Bertz CT molecular complexity index is 821. The van der Waals surface area contributed by atoms with Crippen LogP contribution in [-0.2, 0) is 10.2 Å². The molecule has 130 valence electrons. The molecule has 0 radical (unpaired) electrons. The van der Waals surface area contributed by atoms with Crippen LogP contribution in [0.1, 0.15) is 38.2 Å². The van der Waals surface area contributed by atoms with E-state index in [1.54, 1.807) is 6.20 Å². The van der Waals surface area contributed by atoms with Crippen molar-refractivity contribution in [1.82, 2.24) is 10.3 Å². The topological polar surface area (TPSA) is 119 Å². The van der Waals surface area contributed by atoms with Crippen LogP contribution in [0.5, 0.6) is 0 Å². The average molecular weight is 338 g/mol. The zero-order valence-corrected chi connectivity index (χ0v) is 14.2. The number of aliphatic imine (C=N–C) groups is 2. The Labute approximate surface area is 146 Å². The molecule has 1 aromatic heterocycles. The van der Waals surface area contributed by atoms with Gasteiger partial charge in [-0.15, -0.1) is 0 Å². The van der Waals surface area contributed by atoms with E-state index in [9.17, 15) is 4.79 Å². The van der Waals surface area contributed by atoms with Crippen LogP contribution >= 0.6 is 0 Å². The number of amidine groups is 1. The van der Waals surface area contributed by atoms with Crippen LogP contribution in [0.15, 0.2) is 40.0 Å². The fourth-order valence-corrected chi connectivity index (χ4v) is 4.32. The number of hydrogen-bond donors (Lipinski definition) is 3. The molecular formula is C18H22N6O. The standard InChI is InChI=1S/C18H22N6O/c1-10-12-9-18(11-5-2-3-6-11,13-7-4-8-21-14(13)19)16(25)23-15(12)24-17(20)22-10/h4,7-9,11,17H,2-3,5-6,20H2,1H3,(H2,19,21)(H,23,24,25). The molecule has 0 saturated heterocycles. The van der Waals surface area contributed by atoms with Crippen molar-refractivity contribution in [2.45, 2.75) is 44.3 Å². The minimum absolute atomic E-state index is 0.108. The molecule has 3 heterocycles. The van der Waals surface area contributed by atoms with E-state index in [2.05, 4.69) is 20.3 Å². The van der Waals surface area contributed by atoms with Crippen LogP contribution in [0.4, 0.5) is 5.82 Å². The number of fused-ring (bicyclic) bond motifs is 1. The van der Waals surface area contributed by atoms with Gasteiger partial charge < -0.3 is 11.1 Å². The predicted molar refractivity (Wildman–Crippen MR) is 97.0 cm³/mol. The number of aromatic nitrogens is 1. The third kappa shape index (κ3) is 2.38. The molecule has 7 heteroatoms. The quantitative estimate of drug-likeness (QED) is 0.752. The molecule has 0 aromatic carbocycles. The molecule has 0 spiro atoms. The van der Waals surface area contributed by atoms with Crippen molar-refractivity contribution in [1.29, 1.82) is 0 Å². The van der Waals surface area contributed by atoms with Crippen molar-refractivity contribution in [3.8, 4) is 0 Å². The van der Waals surface area contributed by atoms with Crippen LogP contribution in [0.25, 0.3) is 0 Å². The minimum Gasteiger partial charge on any atom is -0.383 e. The Morgan fingerprint density at radius 3 is 2.76 bits per heavy atom. The molecule has 1 fully saturated rings. The number of carbonyl (C=O) groups is 1. The summed E-state index contributed by atoms with van der Waals surface area (Å²) in [6, 6.07) is 3.73. The van der Waals surface area contributed by atoms with Gasteiger partial charge in [-0.3, -0.25) is 10.5 Å². The maximum atomic E-state index is 13.3. The second kappa shape index (κ2) is 5.77. The average Bonchev–Trinajstić information content (AvgIpc) is 3.10. The second-order valence-electron chi connectivity index (χ2n) is 6.90. The maximum Gasteiger partial charge on any atom is 0.240 e. The number of nitrogens with one attached hydrogen (secondary N) is 1. The van der Waals surface area contributed by atoms with Gasteiger partial charge in [0, 0.05) is 23.0 Å². The van der Waals surface area contributed by atoms with E-state index in [1.807, 2.05) is 25.1 Å². The monoisotopic (exact) mass is 338 g/mol. The maximum absolute atomic E-state index is 13.3. The Morgan fingerprint density at radius 2 is 2.04 bits per heavy atom. The number of rotatable bonds is 2. The van der Waals surface area contributed by atoms with E-state index < -0.39 is 11.7 Å². The summed E-state index contributed by atoms with van der Waals surface area (Å²) < 4.78 is 0. The molecule has 0 bridgehead atoms. The van der Waals surface area contributed by atoms with Crippen LogP contribution in [0, 0.1) is 5.92 Å². The summed E-state index contributed by atoms with van der Waals surface area (Å²) in [7, 11) is 0. The van der Waals surface area contributed by atoms with Gasteiger partial charge in [-0.2, -0.15) is 0 Å². The lowest BCUT2D eigenvalue weighted by molar-refractivity contribution is -0.125. The molecule has 1 aliphatic carbocycles. The highest BCUT2D eigenvalue weighted by atomic mass is 16.2. The van der Waals surface area contributed by atoms with E-state index in [-0.39, 0.29) is 11.8 Å². The van der Waals surface area contributed by atoms with Gasteiger partial charge >= 0.3 is 0 Å². The van der Waals surface area contributed by atoms with Crippen molar-refractivity contribution in [2.24, 2.45) is 21.6 Å². The smallest absolute Gasteiger partial charge is 0.240 e. The van der Waals surface area contributed by atoms with Gasteiger partial charge in [0.25, 0.3) is 0 Å². The van der Waals surface area contributed by atoms with Crippen LogP contribution in [0.2, 0.25) is 0 Å². The minimum atomic E-state index is -0.846. The van der Waals surface area contributed by atoms with Gasteiger partial charge in [-0.1, -0.05) is 25.0 Å². The van der Waals surface area contributed by atoms with E-state index >= 15 is 0 Å². The number of anilines is 1. The number of nitrogens with zero attached hydrogens (tertiary/aromatic N) is 3. The second-order valence-corrected chi connectivity index (χ2v) is 6.90. The zero-order valence-electron chi connectivity index (χ0n) is 14.2. The lowest BCUT2D eigenvalue weighted by Gasteiger charge is -2.40. The fourth-order valence-electron chi connectivity index (χ4n) is 4.32. The van der Waals surface area contributed by atoms with Crippen molar-refractivity contribution in [3.63, 3.8) is 0 Å². The first-order valence-corrected chi connectivity index (χ1v) is 8.66. The predicted octanol–water partition coefficient (Wildman–Crippen LogP) is 1.26. The van der Waals surface area contributed by atoms with Crippen molar-refractivity contribution < 1.29 is 4.79 Å². The SMILES string of the molecule is CC1=NC(N)N=C2NC(=O)C(c3cccnc3N)(C3CCCC3)C=C12. The Morgan fingerprint density at radius 1 is 1.28 bits per heavy atom. The molecule has 7 nitrogen and oxygen atoms in total. The number of amides is 1. The highest BCUT2D eigenvalue weighted by Crippen LogP contribution is 2.47. The first-order chi connectivity index (χ1) is 12.0. The molecule has 3 aliphatic rings. The molecular weight excluding hydrogens is 316 g/mol. The number of pyridine rings is 1. The summed E-state index contributed by atoms with van der Waals surface area (Å²) in [5, 5.41) is 2.97. The number of hydrogen-bond acceptors (Lipinski definition) is 6. The molecule has 5 N–H and O–H groups in total. The van der Waals surface area contributed by atoms with Crippen molar-refractivity contribution in [3.05, 3.63) is 35.5 Å². The molecule has 1 aromatic rings. The van der Waals surface area contributed by atoms with Gasteiger partial charge in [0.05, 0.1) is 5.41 Å². The van der Waals surface area contributed by atoms with E-state index in [4.69, 9.17) is 11.5 Å². The van der Waals surface area contributed by atoms with Gasteiger partial charge in [-0.05, 0) is 31.7 Å². The third-order valence-electron chi connectivity index (χ3n) is 5.50. The number of nitrogen functional groups attached to an aromatic ring is 1. The number of carbonyl (C=O) groups excluding carboxylic acids is 1. The van der Waals surface area contributed by atoms with Gasteiger partial charge in [-0.25, -0.2) is 15.0 Å². The van der Waals surface area contributed by atoms with Crippen LogP contribution in [0.3, 0.4) is 0 Å². The largest absolute Gasteiger partial charge is 0.383 e. The summed E-state index contributed by atoms with van der Waals surface area (Å²) in [6.07, 6.45) is 7.16. The van der Waals surface area contributed by atoms with E-state index in [0.29, 0.717) is 11.7 Å². The summed E-state index contributed by atoms with van der Waals surface area (Å²) in [5.41, 5.74) is 13.5. The molecule has 2 atom stereocenters. The highest BCUT2D eigenvalue weighted by Gasteiger charge is 2.51. The lowest BCUT2D eigenvalue weighted by Crippen LogP contribution is -2.55. The Hall–Kier alpha value is -2.54. The molecule has 25 heavy (non-hydrogen) atoms. The molecule has 4 rings (SSSR count). The summed E-state index contributed by atoms with van der Waals surface area (Å²) in [6.45, 7) is 1.89. The van der Waals surface area contributed by atoms with E-state index in [0.717, 1.165) is 42.5 Å². The van der Waals surface area contributed by atoms with E-state index in [1.165, 1.54) is 0 Å². The molecule has 2 unspecified atom stereocenters. The van der Waals surface area contributed by atoms with Gasteiger partial charge in [0.15, 0.2) is 6.29 Å².